The Morgan fingerprint density at radius 3 is 2.95 bits per heavy atom. The largest absolute Gasteiger partial charge is 0.374 e. The lowest BCUT2D eigenvalue weighted by molar-refractivity contribution is -0.0597. The molecule has 1 fully saturated rings. The summed E-state index contributed by atoms with van der Waals surface area (Å²) in [5, 5.41) is 0. The first kappa shape index (κ1) is 14.0. The third-order valence-corrected chi connectivity index (χ3v) is 5.16. The number of hydrogen-bond donors (Lipinski definition) is 1. The fourth-order valence-corrected chi connectivity index (χ4v) is 4.20. The van der Waals surface area contributed by atoms with Crippen LogP contribution in [0.1, 0.15) is 62.6 Å². The van der Waals surface area contributed by atoms with E-state index in [1.54, 1.807) is 0 Å². The van der Waals surface area contributed by atoms with Crippen molar-refractivity contribution in [3.63, 3.8) is 0 Å². The molecule has 0 amide bonds. The molecular weight excluding hydrogens is 248 g/mol. The molecule has 3 heteroatoms. The molecule has 2 N–H and O–H groups in total. The number of ether oxygens (including phenoxy) is 1. The smallest absolute Gasteiger partial charge is 0.0839 e. The van der Waals surface area contributed by atoms with Crippen LogP contribution in [-0.4, -0.2) is 23.2 Å². The van der Waals surface area contributed by atoms with Crippen LogP contribution >= 0.6 is 0 Å². The molecule has 2 aliphatic carbocycles. The number of fused-ring (bicyclic) bond motifs is 1. The minimum atomic E-state index is -0.106. The minimum Gasteiger partial charge on any atom is -0.374 e. The molecule has 2 atom stereocenters. The minimum absolute atomic E-state index is 0.0823. The van der Waals surface area contributed by atoms with Gasteiger partial charge < -0.3 is 10.5 Å². The number of aryl methyl sites for hydroxylation is 1. The van der Waals surface area contributed by atoms with E-state index in [1.807, 2.05) is 12.3 Å². The summed E-state index contributed by atoms with van der Waals surface area (Å²) in [5.41, 5.74) is 9.24. The molecular formula is C17H26N2O. The highest BCUT2D eigenvalue weighted by atomic mass is 16.5. The second-order valence-corrected chi connectivity index (χ2v) is 6.28. The molecule has 0 radical (unpaired) electrons. The first-order valence-electron chi connectivity index (χ1n) is 8.10. The molecule has 2 unspecified atom stereocenters. The molecule has 3 rings (SSSR count). The van der Waals surface area contributed by atoms with E-state index >= 15 is 0 Å². The van der Waals surface area contributed by atoms with Crippen molar-refractivity contribution in [2.24, 2.45) is 5.73 Å². The molecule has 0 saturated heterocycles. The Morgan fingerprint density at radius 2 is 2.20 bits per heavy atom. The molecule has 1 aromatic heterocycles. The van der Waals surface area contributed by atoms with Crippen LogP contribution in [0.15, 0.2) is 18.3 Å². The van der Waals surface area contributed by atoms with Crippen molar-refractivity contribution in [2.45, 2.75) is 69.4 Å². The van der Waals surface area contributed by atoms with Crippen LogP contribution in [-0.2, 0) is 11.2 Å². The van der Waals surface area contributed by atoms with Gasteiger partial charge in [-0.1, -0.05) is 18.9 Å². The molecule has 0 bridgehead atoms. The van der Waals surface area contributed by atoms with E-state index in [0.717, 1.165) is 32.3 Å². The number of rotatable bonds is 4. The van der Waals surface area contributed by atoms with Crippen LogP contribution in [0.2, 0.25) is 0 Å². The van der Waals surface area contributed by atoms with Crippen molar-refractivity contribution in [3.8, 4) is 0 Å². The molecule has 3 nitrogen and oxygen atoms in total. The van der Waals surface area contributed by atoms with E-state index in [-0.39, 0.29) is 11.6 Å². The van der Waals surface area contributed by atoms with Crippen LogP contribution in [0, 0.1) is 0 Å². The third-order valence-electron chi connectivity index (χ3n) is 5.16. The molecule has 0 aromatic carbocycles. The molecule has 0 aliphatic heterocycles. The Balaban J connectivity index is 1.89. The zero-order valence-electron chi connectivity index (χ0n) is 12.5. The van der Waals surface area contributed by atoms with Crippen molar-refractivity contribution in [1.82, 2.24) is 4.98 Å². The lowest BCUT2D eigenvalue weighted by Gasteiger charge is -2.41. The quantitative estimate of drug-likeness (QED) is 0.917. The third kappa shape index (κ3) is 2.38. The van der Waals surface area contributed by atoms with Gasteiger partial charge >= 0.3 is 0 Å². The average Bonchev–Trinajstić information content (AvgIpc) is 2.96. The maximum Gasteiger partial charge on any atom is 0.0839 e. The molecule has 0 spiro atoms. The normalized spacial score (nSPS) is 26.2. The lowest BCUT2D eigenvalue weighted by Crippen LogP contribution is -2.52. The zero-order chi connectivity index (χ0) is 14.0. The topological polar surface area (TPSA) is 48.1 Å². The van der Waals surface area contributed by atoms with E-state index in [1.165, 1.54) is 30.5 Å². The Morgan fingerprint density at radius 1 is 1.40 bits per heavy atom. The average molecular weight is 274 g/mol. The second-order valence-electron chi connectivity index (χ2n) is 6.28. The Labute approximate surface area is 121 Å². The Kier molecular flexibility index (Phi) is 4.08. The van der Waals surface area contributed by atoms with Gasteiger partial charge in [0.05, 0.1) is 5.60 Å². The molecule has 2 aliphatic rings. The van der Waals surface area contributed by atoms with E-state index in [0.29, 0.717) is 5.92 Å². The predicted octanol–water partition coefficient (Wildman–Crippen LogP) is 3.18. The van der Waals surface area contributed by atoms with Crippen molar-refractivity contribution in [1.29, 1.82) is 0 Å². The summed E-state index contributed by atoms with van der Waals surface area (Å²) in [6, 6.07) is 4.34. The van der Waals surface area contributed by atoms with Crippen molar-refractivity contribution in [2.75, 3.05) is 6.61 Å². The van der Waals surface area contributed by atoms with Gasteiger partial charge in [0.1, 0.15) is 0 Å². The van der Waals surface area contributed by atoms with Crippen LogP contribution in [0.3, 0.4) is 0 Å². The van der Waals surface area contributed by atoms with Gasteiger partial charge in [-0.05, 0) is 50.7 Å². The van der Waals surface area contributed by atoms with E-state index < -0.39 is 0 Å². The van der Waals surface area contributed by atoms with Gasteiger partial charge in [-0.3, -0.25) is 4.98 Å². The van der Waals surface area contributed by atoms with Crippen LogP contribution in [0.5, 0.6) is 0 Å². The molecule has 20 heavy (non-hydrogen) atoms. The molecule has 1 aromatic rings. The SMILES string of the molecule is CCOC1(C(N)C2CCCc3cccnc32)CCCC1. The van der Waals surface area contributed by atoms with Gasteiger partial charge in [0.15, 0.2) is 0 Å². The second kappa shape index (κ2) is 5.82. The first-order valence-corrected chi connectivity index (χ1v) is 8.10. The zero-order valence-corrected chi connectivity index (χ0v) is 12.5. The lowest BCUT2D eigenvalue weighted by atomic mass is 9.75. The summed E-state index contributed by atoms with van der Waals surface area (Å²) >= 11 is 0. The summed E-state index contributed by atoms with van der Waals surface area (Å²) in [6.45, 7) is 2.84. The monoisotopic (exact) mass is 274 g/mol. The summed E-state index contributed by atoms with van der Waals surface area (Å²) < 4.78 is 6.17. The number of aromatic nitrogens is 1. The first-order chi connectivity index (χ1) is 9.77. The van der Waals surface area contributed by atoms with Gasteiger partial charge in [-0.15, -0.1) is 0 Å². The van der Waals surface area contributed by atoms with Gasteiger partial charge in [-0.2, -0.15) is 0 Å². The molecule has 1 saturated carbocycles. The van der Waals surface area contributed by atoms with E-state index in [2.05, 4.69) is 18.0 Å². The Bertz CT molecular complexity index is 454. The van der Waals surface area contributed by atoms with Gasteiger partial charge in [0, 0.05) is 30.5 Å². The fourth-order valence-electron chi connectivity index (χ4n) is 4.20. The fraction of sp³-hybridized carbons (Fsp3) is 0.706. The van der Waals surface area contributed by atoms with E-state index in [9.17, 15) is 0 Å². The Hall–Kier alpha value is -0.930. The maximum atomic E-state index is 6.72. The number of nitrogens with zero attached hydrogens (tertiary/aromatic N) is 1. The molecule has 1 heterocycles. The number of pyridine rings is 1. The van der Waals surface area contributed by atoms with Crippen molar-refractivity contribution in [3.05, 3.63) is 29.6 Å². The van der Waals surface area contributed by atoms with Crippen LogP contribution < -0.4 is 5.73 Å². The van der Waals surface area contributed by atoms with Crippen LogP contribution in [0.4, 0.5) is 0 Å². The summed E-state index contributed by atoms with van der Waals surface area (Å²) in [5.74, 6) is 0.365. The van der Waals surface area contributed by atoms with Crippen molar-refractivity contribution >= 4 is 0 Å². The van der Waals surface area contributed by atoms with E-state index in [4.69, 9.17) is 10.5 Å². The number of nitrogens with two attached hydrogens (primary N) is 1. The highest BCUT2D eigenvalue weighted by molar-refractivity contribution is 5.28. The van der Waals surface area contributed by atoms with Crippen molar-refractivity contribution < 1.29 is 4.74 Å². The van der Waals surface area contributed by atoms with Gasteiger partial charge in [0.2, 0.25) is 0 Å². The summed E-state index contributed by atoms with van der Waals surface area (Å²) in [6.07, 6.45) is 10.1. The number of hydrogen-bond acceptors (Lipinski definition) is 3. The highest BCUT2D eigenvalue weighted by Gasteiger charge is 2.45. The predicted molar refractivity (Wildman–Crippen MR) is 80.7 cm³/mol. The maximum absolute atomic E-state index is 6.72. The van der Waals surface area contributed by atoms with Crippen LogP contribution in [0.25, 0.3) is 0 Å². The summed E-state index contributed by atoms with van der Waals surface area (Å²) in [4.78, 5) is 4.65. The highest BCUT2D eigenvalue weighted by Crippen LogP contribution is 2.43. The van der Waals surface area contributed by atoms with Gasteiger partial charge in [-0.25, -0.2) is 0 Å². The molecule has 110 valence electrons. The summed E-state index contributed by atoms with van der Waals surface area (Å²) in [7, 11) is 0. The standard InChI is InChI=1S/C17H26N2O/c1-2-20-17(10-3-4-11-17)16(18)14-9-5-7-13-8-6-12-19-15(13)14/h6,8,12,14,16H,2-5,7,9-11,18H2,1H3. The van der Waals surface area contributed by atoms with Gasteiger partial charge in [0.25, 0.3) is 0 Å².